The van der Waals surface area contributed by atoms with Crippen molar-refractivity contribution in [2.75, 3.05) is 13.2 Å². The van der Waals surface area contributed by atoms with Crippen molar-refractivity contribution < 1.29 is 28.7 Å². The van der Waals surface area contributed by atoms with Crippen LogP contribution in [-0.2, 0) is 9.53 Å². The molecular weight excluding hydrogens is 466 g/mol. The van der Waals surface area contributed by atoms with Gasteiger partial charge in [-0.25, -0.2) is 9.59 Å². The summed E-state index contributed by atoms with van der Waals surface area (Å²) in [6, 6.07) is 9.94. The van der Waals surface area contributed by atoms with Gasteiger partial charge in [0.1, 0.15) is 5.75 Å². The van der Waals surface area contributed by atoms with Crippen molar-refractivity contribution >= 4 is 23.4 Å². The summed E-state index contributed by atoms with van der Waals surface area (Å²) in [6.45, 7) is 7.84. The lowest BCUT2D eigenvalue weighted by Crippen LogP contribution is -2.45. The van der Waals surface area contributed by atoms with Crippen molar-refractivity contribution in [3.05, 3.63) is 69.3 Å². The second kappa shape index (κ2) is 12.1. The molecular formula is C26H31N3O7. The minimum Gasteiger partial charge on any atom is -0.493 e. The first-order valence-electron chi connectivity index (χ1n) is 11.9. The van der Waals surface area contributed by atoms with Crippen LogP contribution in [0, 0.1) is 10.1 Å². The number of nitro groups is 1. The van der Waals surface area contributed by atoms with Gasteiger partial charge in [0.15, 0.2) is 0 Å². The molecule has 2 amide bonds. The van der Waals surface area contributed by atoms with Gasteiger partial charge in [0.2, 0.25) is 5.75 Å². The Hall–Kier alpha value is -4.08. The standard InChI is InChI=1S/C26H31N3O7/c1-5-12-34-20-15-21(35-13-6-2)19(29(32)33)14-18(20)24-22(25(30)36-16(3)4)23(27-26(31)28-24)17-10-8-7-9-11-17/h7-11,14-16,24H,5-6,12-13H2,1-4H3,(H2,27,28,31). The van der Waals surface area contributed by atoms with Crippen LogP contribution >= 0.6 is 0 Å². The molecule has 2 N–H and O–H groups in total. The number of esters is 1. The van der Waals surface area contributed by atoms with Gasteiger partial charge in [-0.2, -0.15) is 0 Å². The average molecular weight is 498 g/mol. The summed E-state index contributed by atoms with van der Waals surface area (Å²) in [5.74, 6) is -0.352. The maximum Gasteiger partial charge on any atom is 0.338 e. The first-order chi connectivity index (χ1) is 17.3. The molecule has 1 unspecified atom stereocenters. The van der Waals surface area contributed by atoms with Gasteiger partial charge in [-0.3, -0.25) is 10.1 Å². The van der Waals surface area contributed by atoms with Crippen LogP contribution in [0.2, 0.25) is 0 Å². The van der Waals surface area contributed by atoms with E-state index in [1.54, 1.807) is 38.1 Å². The first-order valence-corrected chi connectivity index (χ1v) is 11.9. The number of urea groups is 1. The SMILES string of the molecule is CCCOc1cc(OCCC)c([N+](=O)[O-])cc1C1NC(=O)NC(c2ccccc2)=C1C(=O)OC(C)C. The summed E-state index contributed by atoms with van der Waals surface area (Å²) in [7, 11) is 0. The van der Waals surface area contributed by atoms with Gasteiger partial charge in [0, 0.05) is 17.7 Å². The molecule has 1 atom stereocenters. The molecule has 1 aliphatic rings. The van der Waals surface area contributed by atoms with E-state index in [0.29, 0.717) is 25.0 Å². The number of carbonyl (C=O) groups excluding carboxylic acids is 2. The summed E-state index contributed by atoms with van der Waals surface area (Å²) in [5.41, 5.74) is 0.894. The van der Waals surface area contributed by atoms with Crippen molar-refractivity contribution in [2.45, 2.75) is 52.7 Å². The quantitative estimate of drug-likeness (QED) is 0.257. The number of amides is 2. The molecule has 36 heavy (non-hydrogen) atoms. The van der Waals surface area contributed by atoms with Crippen molar-refractivity contribution in [2.24, 2.45) is 0 Å². The minimum atomic E-state index is -1.08. The zero-order chi connectivity index (χ0) is 26.2. The summed E-state index contributed by atoms with van der Waals surface area (Å²) < 4.78 is 17.1. The predicted molar refractivity (Wildman–Crippen MR) is 134 cm³/mol. The van der Waals surface area contributed by atoms with E-state index < -0.39 is 29.1 Å². The summed E-state index contributed by atoms with van der Waals surface area (Å²) in [6.07, 6.45) is 0.895. The fourth-order valence-corrected chi connectivity index (χ4v) is 3.73. The number of hydrogen-bond acceptors (Lipinski definition) is 7. The molecule has 2 aromatic rings. The van der Waals surface area contributed by atoms with Crippen LogP contribution < -0.4 is 20.1 Å². The Morgan fingerprint density at radius 3 is 2.28 bits per heavy atom. The number of hydrogen-bond donors (Lipinski definition) is 2. The third-order valence-corrected chi connectivity index (χ3v) is 5.22. The Kier molecular flexibility index (Phi) is 8.88. The molecule has 1 aliphatic heterocycles. The molecule has 0 aliphatic carbocycles. The lowest BCUT2D eigenvalue weighted by molar-refractivity contribution is -0.386. The lowest BCUT2D eigenvalue weighted by atomic mass is 9.91. The first kappa shape index (κ1) is 26.5. The molecule has 0 bridgehead atoms. The molecule has 0 spiro atoms. The molecule has 192 valence electrons. The number of carbonyl (C=O) groups is 2. The van der Waals surface area contributed by atoms with E-state index in [1.165, 1.54) is 12.1 Å². The van der Waals surface area contributed by atoms with Crippen molar-refractivity contribution in [1.82, 2.24) is 10.6 Å². The molecule has 0 fully saturated rings. The second-order valence-electron chi connectivity index (χ2n) is 8.45. The number of nitro benzene ring substituents is 1. The number of ether oxygens (including phenoxy) is 3. The number of rotatable bonds is 11. The van der Waals surface area contributed by atoms with Crippen LogP contribution in [0.5, 0.6) is 11.5 Å². The van der Waals surface area contributed by atoms with Crippen LogP contribution in [-0.4, -0.2) is 36.2 Å². The molecule has 0 radical (unpaired) electrons. The van der Waals surface area contributed by atoms with Gasteiger partial charge < -0.3 is 24.8 Å². The van der Waals surface area contributed by atoms with Crippen LogP contribution in [0.25, 0.3) is 5.70 Å². The van der Waals surface area contributed by atoms with Crippen LogP contribution in [0.4, 0.5) is 10.5 Å². The Morgan fingerprint density at radius 2 is 1.69 bits per heavy atom. The van der Waals surface area contributed by atoms with E-state index in [1.807, 2.05) is 19.9 Å². The van der Waals surface area contributed by atoms with Gasteiger partial charge in [-0.05, 0) is 32.3 Å². The summed E-state index contributed by atoms with van der Waals surface area (Å²) in [5, 5.41) is 17.4. The number of nitrogens with zero attached hydrogens (tertiary/aromatic N) is 1. The molecule has 0 aromatic heterocycles. The fourth-order valence-electron chi connectivity index (χ4n) is 3.73. The molecule has 10 nitrogen and oxygen atoms in total. The van der Waals surface area contributed by atoms with E-state index >= 15 is 0 Å². The lowest BCUT2D eigenvalue weighted by Gasteiger charge is -2.31. The normalized spacial score (nSPS) is 15.2. The molecule has 3 rings (SSSR count). The number of nitrogens with one attached hydrogen (secondary N) is 2. The van der Waals surface area contributed by atoms with Crippen LogP contribution in [0.3, 0.4) is 0 Å². The molecule has 1 heterocycles. The zero-order valence-corrected chi connectivity index (χ0v) is 20.8. The van der Waals surface area contributed by atoms with Crippen molar-refractivity contribution in [3.63, 3.8) is 0 Å². The zero-order valence-electron chi connectivity index (χ0n) is 20.8. The van der Waals surface area contributed by atoms with Crippen LogP contribution in [0.1, 0.15) is 57.7 Å². The highest BCUT2D eigenvalue weighted by atomic mass is 16.6. The number of benzene rings is 2. The van der Waals surface area contributed by atoms with E-state index in [0.717, 1.165) is 0 Å². The largest absolute Gasteiger partial charge is 0.493 e. The summed E-state index contributed by atoms with van der Waals surface area (Å²) >= 11 is 0. The van der Waals surface area contributed by atoms with E-state index in [9.17, 15) is 19.7 Å². The second-order valence-corrected chi connectivity index (χ2v) is 8.45. The maximum atomic E-state index is 13.4. The van der Waals surface area contributed by atoms with Crippen molar-refractivity contribution in [1.29, 1.82) is 0 Å². The molecule has 2 aromatic carbocycles. The van der Waals surface area contributed by atoms with E-state index in [4.69, 9.17) is 14.2 Å². The minimum absolute atomic E-state index is 0.0514. The van der Waals surface area contributed by atoms with Crippen LogP contribution in [0.15, 0.2) is 48.0 Å². The topological polar surface area (TPSA) is 129 Å². The molecule has 10 heteroatoms. The Labute approximate surface area is 209 Å². The van der Waals surface area contributed by atoms with Gasteiger partial charge in [-0.1, -0.05) is 44.2 Å². The van der Waals surface area contributed by atoms with Gasteiger partial charge in [0.25, 0.3) is 0 Å². The van der Waals surface area contributed by atoms with Gasteiger partial charge in [0.05, 0.1) is 41.6 Å². The Bertz CT molecular complexity index is 1150. The molecule has 0 saturated heterocycles. The third-order valence-electron chi connectivity index (χ3n) is 5.22. The fraction of sp³-hybridized carbons (Fsp3) is 0.385. The highest BCUT2D eigenvalue weighted by Crippen LogP contribution is 2.42. The maximum absolute atomic E-state index is 13.4. The Balaban J connectivity index is 2.28. The third kappa shape index (κ3) is 6.12. The predicted octanol–water partition coefficient (Wildman–Crippen LogP) is 4.89. The van der Waals surface area contributed by atoms with Gasteiger partial charge in [-0.15, -0.1) is 0 Å². The van der Waals surface area contributed by atoms with E-state index in [-0.39, 0.29) is 40.6 Å². The monoisotopic (exact) mass is 497 g/mol. The highest BCUT2D eigenvalue weighted by Gasteiger charge is 2.38. The summed E-state index contributed by atoms with van der Waals surface area (Å²) in [4.78, 5) is 37.5. The van der Waals surface area contributed by atoms with Crippen molar-refractivity contribution in [3.8, 4) is 11.5 Å². The smallest absolute Gasteiger partial charge is 0.338 e. The Morgan fingerprint density at radius 1 is 1.06 bits per heavy atom. The average Bonchev–Trinajstić information content (AvgIpc) is 2.85. The highest BCUT2D eigenvalue weighted by molar-refractivity contribution is 6.04. The van der Waals surface area contributed by atoms with Gasteiger partial charge >= 0.3 is 17.7 Å². The van der Waals surface area contributed by atoms with E-state index in [2.05, 4.69) is 10.6 Å². The molecule has 0 saturated carbocycles.